The van der Waals surface area contributed by atoms with Crippen molar-refractivity contribution in [3.63, 3.8) is 0 Å². The lowest BCUT2D eigenvalue weighted by molar-refractivity contribution is 0.0682. The van der Waals surface area contributed by atoms with Crippen molar-refractivity contribution in [3.8, 4) is 0 Å². The molecule has 112 valence electrons. The second-order valence-electron chi connectivity index (χ2n) is 5.74. The van der Waals surface area contributed by atoms with Crippen LogP contribution in [0.15, 0.2) is 29.2 Å². The van der Waals surface area contributed by atoms with E-state index in [-0.39, 0.29) is 16.8 Å². The van der Waals surface area contributed by atoms with Crippen LogP contribution in [0.3, 0.4) is 0 Å². The number of benzene rings is 1. The number of hydrogen-bond donors (Lipinski definition) is 0. The van der Waals surface area contributed by atoms with Gasteiger partial charge in [-0.05, 0) is 44.0 Å². The van der Waals surface area contributed by atoms with Gasteiger partial charge in [0.2, 0.25) is 0 Å². The fourth-order valence-electron chi connectivity index (χ4n) is 1.93. The van der Waals surface area contributed by atoms with Crippen LogP contribution < -0.4 is 0 Å². The predicted octanol–water partition coefficient (Wildman–Crippen LogP) is 2.60. The van der Waals surface area contributed by atoms with Gasteiger partial charge < -0.3 is 4.90 Å². The van der Waals surface area contributed by atoms with Gasteiger partial charge in [-0.25, -0.2) is 8.42 Å². The minimum Gasteiger partial charge on any atom is -0.336 e. The van der Waals surface area contributed by atoms with Gasteiger partial charge in [-0.15, -0.1) is 0 Å². The molecule has 0 aromatic heterocycles. The van der Waals surface area contributed by atoms with Gasteiger partial charge in [0.1, 0.15) is 0 Å². The van der Waals surface area contributed by atoms with Crippen molar-refractivity contribution in [2.75, 3.05) is 12.8 Å². The second-order valence-corrected chi connectivity index (χ2v) is 7.76. The molecule has 1 amide bonds. The number of rotatable bonds is 5. The molecule has 0 atom stereocenters. The molecule has 0 heterocycles. The van der Waals surface area contributed by atoms with Gasteiger partial charge in [-0.3, -0.25) is 4.79 Å². The average molecular weight is 297 g/mol. The molecule has 0 fully saturated rings. The number of carbonyl (C=O) groups excluding carboxylic acids is 1. The van der Waals surface area contributed by atoms with Crippen LogP contribution in [0.5, 0.6) is 0 Å². The summed E-state index contributed by atoms with van der Waals surface area (Å²) in [6.07, 6.45) is 1.16. The van der Waals surface area contributed by atoms with E-state index in [0.717, 1.165) is 6.26 Å². The fraction of sp³-hybridized carbons (Fsp3) is 0.533. The first-order chi connectivity index (χ1) is 9.12. The maximum Gasteiger partial charge on any atom is 0.254 e. The van der Waals surface area contributed by atoms with Crippen LogP contribution in [0.25, 0.3) is 0 Å². The van der Waals surface area contributed by atoms with Crippen molar-refractivity contribution >= 4 is 15.7 Å². The molecule has 0 aliphatic heterocycles. The monoisotopic (exact) mass is 297 g/mol. The zero-order valence-electron chi connectivity index (χ0n) is 12.8. The minimum absolute atomic E-state index is 0.0613. The Kier molecular flexibility index (Phi) is 5.34. The quantitative estimate of drug-likeness (QED) is 0.839. The summed E-state index contributed by atoms with van der Waals surface area (Å²) < 4.78 is 22.8. The van der Waals surface area contributed by atoms with Crippen LogP contribution in [-0.2, 0) is 9.84 Å². The summed E-state index contributed by atoms with van der Waals surface area (Å²) in [5, 5.41) is 0. The van der Waals surface area contributed by atoms with Gasteiger partial charge in [-0.1, -0.05) is 13.8 Å². The Bertz CT molecular complexity index is 559. The third-order valence-electron chi connectivity index (χ3n) is 2.98. The summed E-state index contributed by atoms with van der Waals surface area (Å²) in [7, 11) is -3.23. The van der Waals surface area contributed by atoms with Crippen LogP contribution in [0.4, 0.5) is 0 Å². The van der Waals surface area contributed by atoms with Gasteiger partial charge in [0.15, 0.2) is 9.84 Å². The molecule has 20 heavy (non-hydrogen) atoms. The smallest absolute Gasteiger partial charge is 0.254 e. The van der Waals surface area contributed by atoms with Crippen molar-refractivity contribution in [2.45, 2.75) is 38.6 Å². The molecule has 0 aliphatic carbocycles. The van der Waals surface area contributed by atoms with Crippen LogP contribution >= 0.6 is 0 Å². The van der Waals surface area contributed by atoms with E-state index in [4.69, 9.17) is 0 Å². The summed E-state index contributed by atoms with van der Waals surface area (Å²) >= 11 is 0. The highest BCUT2D eigenvalue weighted by Crippen LogP contribution is 2.14. The first kappa shape index (κ1) is 16.7. The molecule has 0 radical (unpaired) electrons. The summed E-state index contributed by atoms with van der Waals surface area (Å²) in [5.41, 5.74) is 0.520. The van der Waals surface area contributed by atoms with Crippen molar-refractivity contribution in [3.05, 3.63) is 29.8 Å². The summed E-state index contributed by atoms with van der Waals surface area (Å²) in [5.74, 6) is 0.324. The average Bonchev–Trinajstić information content (AvgIpc) is 2.33. The maximum atomic E-state index is 12.5. The summed E-state index contributed by atoms with van der Waals surface area (Å²) in [6.45, 7) is 8.77. The molecular weight excluding hydrogens is 274 g/mol. The molecule has 0 saturated carbocycles. The van der Waals surface area contributed by atoms with Crippen molar-refractivity contribution in [2.24, 2.45) is 5.92 Å². The van der Waals surface area contributed by atoms with Crippen LogP contribution in [-0.4, -0.2) is 38.1 Å². The molecule has 5 heteroatoms. The lowest BCUT2D eigenvalue weighted by atomic mass is 10.1. The van der Waals surface area contributed by atoms with Crippen molar-refractivity contribution in [1.82, 2.24) is 4.90 Å². The molecule has 0 spiro atoms. The second kappa shape index (κ2) is 6.39. The zero-order chi connectivity index (χ0) is 15.5. The highest BCUT2D eigenvalue weighted by molar-refractivity contribution is 7.90. The largest absolute Gasteiger partial charge is 0.336 e. The maximum absolute atomic E-state index is 12.5. The Morgan fingerprint density at radius 2 is 1.60 bits per heavy atom. The molecular formula is C15H23NO3S. The Labute approximate surface area is 121 Å². The molecule has 0 saturated heterocycles. The third-order valence-corrected chi connectivity index (χ3v) is 4.10. The van der Waals surface area contributed by atoms with E-state index in [9.17, 15) is 13.2 Å². The third kappa shape index (κ3) is 4.34. The van der Waals surface area contributed by atoms with E-state index in [1.807, 2.05) is 13.8 Å². The van der Waals surface area contributed by atoms with E-state index in [2.05, 4.69) is 13.8 Å². The lowest BCUT2D eigenvalue weighted by Gasteiger charge is -2.28. The molecule has 1 aromatic rings. The Morgan fingerprint density at radius 3 is 1.95 bits per heavy atom. The topological polar surface area (TPSA) is 54.5 Å². The number of hydrogen-bond acceptors (Lipinski definition) is 3. The van der Waals surface area contributed by atoms with Crippen molar-refractivity contribution in [1.29, 1.82) is 0 Å². The fourth-order valence-corrected chi connectivity index (χ4v) is 2.56. The van der Waals surface area contributed by atoms with E-state index < -0.39 is 9.84 Å². The number of amides is 1. The Morgan fingerprint density at radius 1 is 1.10 bits per heavy atom. The molecule has 1 rings (SSSR count). The predicted molar refractivity (Wildman–Crippen MR) is 80.6 cm³/mol. The van der Waals surface area contributed by atoms with Crippen molar-refractivity contribution < 1.29 is 13.2 Å². The molecule has 1 aromatic carbocycles. The first-order valence-electron chi connectivity index (χ1n) is 6.74. The zero-order valence-corrected chi connectivity index (χ0v) is 13.6. The van der Waals surface area contributed by atoms with Gasteiger partial charge in [0.25, 0.3) is 5.91 Å². The first-order valence-corrected chi connectivity index (χ1v) is 8.63. The van der Waals surface area contributed by atoms with Gasteiger partial charge in [0.05, 0.1) is 4.90 Å². The number of nitrogens with zero attached hydrogens (tertiary/aromatic N) is 1. The molecule has 0 N–H and O–H groups in total. The van der Waals surface area contributed by atoms with E-state index in [0.29, 0.717) is 18.0 Å². The van der Waals surface area contributed by atoms with Gasteiger partial charge in [0, 0.05) is 24.4 Å². The Hall–Kier alpha value is -1.36. The van der Waals surface area contributed by atoms with Crippen LogP contribution in [0.1, 0.15) is 38.1 Å². The minimum atomic E-state index is -3.23. The molecule has 0 unspecified atom stereocenters. The standard InChI is InChI=1S/C15H23NO3S/c1-11(2)10-16(12(3)4)15(17)13-6-8-14(9-7-13)20(5,18)19/h6-9,11-12H,10H2,1-5H3. The number of carbonyl (C=O) groups is 1. The lowest BCUT2D eigenvalue weighted by Crippen LogP contribution is -2.39. The van der Waals surface area contributed by atoms with Gasteiger partial charge >= 0.3 is 0 Å². The van der Waals surface area contributed by atoms with Gasteiger partial charge in [-0.2, -0.15) is 0 Å². The van der Waals surface area contributed by atoms with E-state index in [1.54, 1.807) is 17.0 Å². The SMILES string of the molecule is CC(C)CN(C(=O)c1ccc(S(C)(=O)=O)cc1)C(C)C. The van der Waals surface area contributed by atoms with Crippen LogP contribution in [0, 0.1) is 5.92 Å². The van der Waals surface area contributed by atoms with E-state index in [1.165, 1.54) is 12.1 Å². The molecule has 4 nitrogen and oxygen atoms in total. The highest BCUT2D eigenvalue weighted by atomic mass is 32.2. The number of sulfone groups is 1. The van der Waals surface area contributed by atoms with E-state index >= 15 is 0 Å². The highest BCUT2D eigenvalue weighted by Gasteiger charge is 2.20. The Balaban J connectivity index is 3.01. The molecule has 0 aliphatic rings. The normalized spacial score (nSPS) is 11.9. The summed E-state index contributed by atoms with van der Waals surface area (Å²) in [4.78, 5) is 14.5. The summed E-state index contributed by atoms with van der Waals surface area (Å²) in [6, 6.07) is 6.23. The molecule has 0 bridgehead atoms. The van der Waals surface area contributed by atoms with Crippen LogP contribution in [0.2, 0.25) is 0 Å².